The van der Waals surface area contributed by atoms with Crippen LogP contribution >= 0.6 is 0 Å². The van der Waals surface area contributed by atoms with Crippen LogP contribution in [0.25, 0.3) is 0 Å². The zero-order chi connectivity index (χ0) is 49.2. The average Bonchev–Trinajstić information content (AvgIpc) is 3.42. The van der Waals surface area contributed by atoms with Crippen molar-refractivity contribution in [3.05, 3.63) is 0 Å². The van der Waals surface area contributed by atoms with E-state index in [-0.39, 0.29) is 0 Å². The quantitative estimate of drug-likeness (QED) is 0.0599. The molecule has 414 valence electrons. The lowest BCUT2D eigenvalue weighted by Crippen LogP contribution is -2.71. The van der Waals surface area contributed by atoms with Crippen LogP contribution in [0.15, 0.2) is 0 Å². The maximum Gasteiger partial charge on any atom is 0.0623 e. The first kappa shape index (κ1) is 55.0. The van der Waals surface area contributed by atoms with E-state index in [0.29, 0.717) is 12.3 Å². The molecule has 0 aromatic heterocycles. The summed E-state index contributed by atoms with van der Waals surface area (Å²) in [5, 5.41) is 23.8. The van der Waals surface area contributed by atoms with Gasteiger partial charge in [-0.1, -0.05) is 118 Å². The highest BCUT2D eigenvalue weighted by molar-refractivity contribution is 5.14. The van der Waals surface area contributed by atoms with E-state index < -0.39 is 0 Å². The summed E-state index contributed by atoms with van der Waals surface area (Å²) in [6, 6.07) is 4.77. The van der Waals surface area contributed by atoms with Gasteiger partial charge in [-0.2, -0.15) is 0 Å². The number of unbranched alkanes of at least 4 members (excludes halogenated alkanes) is 10. The molecule has 2 aliphatic heterocycles. The maximum atomic E-state index is 4.13. The van der Waals surface area contributed by atoms with Crippen LogP contribution in [0, 0.1) is 71.0 Å². The first-order valence-electron chi connectivity index (χ1n) is 33.4. The van der Waals surface area contributed by atoms with E-state index in [0.717, 1.165) is 134 Å². The van der Waals surface area contributed by atoms with Crippen LogP contribution in [0.5, 0.6) is 0 Å². The molecule has 0 spiro atoms. The molecule has 0 aromatic carbocycles. The van der Waals surface area contributed by atoms with Crippen LogP contribution in [0.1, 0.15) is 259 Å². The third-order valence-corrected chi connectivity index (χ3v) is 23.8. The SMILES string of the molecule is CCCCCCCCC1CCC(N(C2CCC(C)CC2)C2CC(C3NCNCN3)C3CCC4C5C(CCC2C35)C(C2NCNCN2)CC4N(C2CCC(C)CC2)C2CCC(CCCCCCCC)CC2)CC1. The second-order valence-electron chi connectivity index (χ2n) is 28.1. The van der Waals surface area contributed by atoms with Crippen molar-refractivity contribution >= 4 is 0 Å². The molecule has 8 saturated carbocycles. The zero-order valence-corrected chi connectivity index (χ0v) is 47.7. The Morgan fingerprint density at radius 2 is 0.653 bits per heavy atom. The van der Waals surface area contributed by atoms with Crippen LogP contribution in [0.2, 0.25) is 0 Å². The Morgan fingerprint density at radius 1 is 0.333 bits per heavy atom. The Labute approximate surface area is 444 Å². The molecule has 0 amide bonds. The number of nitrogens with zero attached hydrogens (tertiary/aromatic N) is 2. The van der Waals surface area contributed by atoms with E-state index in [1.165, 1.54) is 231 Å². The lowest BCUT2D eigenvalue weighted by atomic mass is 9.42. The van der Waals surface area contributed by atoms with Gasteiger partial charge in [0.1, 0.15) is 0 Å². The van der Waals surface area contributed by atoms with Crippen molar-refractivity contribution in [3.63, 3.8) is 0 Å². The van der Waals surface area contributed by atoms with E-state index in [1.54, 1.807) is 0 Å². The van der Waals surface area contributed by atoms with Crippen molar-refractivity contribution < 1.29 is 0 Å². The van der Waals surface area contributed by atoms with Gasteiger partial charge in [0.2, 0.25) is 0 Å². The van der Waals surface area contributed by atoms with Crippen LogP contribution < -0.4 is 31.9 Å². The lowest BCUT2D eigenvalue weighted by molar-refractivity contribution is -0.185. The molecule has 2 heterocycles. The molecule has 0 radical (unpaired) electrons. The summed E-state index contributed by atoms with van der Waals surface area (Å²) < 4.78 is 0. The maximum absolute atomic E-state index is 4.13. The predicted molar refractivity (Wildman–Crippen MR) is 303 cm³/mol. The molecule has 10 aliphatic rings. The van der Waals surface area contributed by atoms with Gasteiger partial charge in [0, 0.05) is 62.9 Å². The Kier molecular flexibility index (Phi) is 21.0. The molecule has 10 atom stereocenters. The molecule has 0 bridgehead atoms. The smallest absolute Gasteiger partial charge is 0.0623 e. The summed E-state index contributed by atoms with van der Waals surface area (Å²) in [5.41, 5.74) is 0. The highest BCUT2D eigenvalue weighted by Gasteiger charge is 2.63. The van der Waals surface area contributed by atoms with Crippen molar-refractivity contribution in [1.29, 1.82) is 0 Å². The van der Waals surface area contributed by atoms with Gasteiger partial charge in [0.05, 0.1) is 12.3 Å². The molecule has 10 unspecified atom stereocenters. The van der Waals surface area contributed by atoms with Crippen LogP contribution in [0.3, 0.4) is 0 Å². The van der Waals surface area contributed by atoms with E-state index in [1.807, 2.05) is 0 Å². The fourth-order valence-corrected chi connectivity index (χ4v) is 20.2. The van der Waals surface area contributed by atoms with Gasteiger partial charge in [0.15, 0.2) is 0 Å². The van der Waals surface area contributed by atoms with Gasteiger partial charge in [-0.15, -0.1) is 0 Å². The Balaban J connectivity index is 0.948. The molecule has 10 rings (SSSR count). The summed E-state index contributed by atoms with van der Waals surface area (Å²) in [6.45, 7) is 13.7. The van der Waals surface area contributed by atoms with E-state index in [9.17, 15) is 0 Å². The summed E-state index contributed by atoms with van der Waals surface area (Å²) in [7, 11) is 0. The second-order valence-corrected chi connectivity index (χ2v) is 28.1. The highest BCUT2D eigenvalue weighted by Crippen LogP contribution is 2.65. The van der Waals surface area contributed by atoms with Crippen molar-refractivity contribution in [1.82, 2.24) is 41.7 Å². The van der Waals surface area contributed by atoms with Crippen molar-refractivity contribution in [3.8, 4) is 0 Å². The van der Waals surface area contributed by atoms with Gasteiger partial charge in [-0.3, -0.25) is 41.7 Å². The van der Waals surface area contributed by atoms with Crippen LogP contribution in [-0.2, 0) is 0 Å². The Bertz CT molecular complexity index is 1410. The van der Waals surface area contributed by atoms with Gasteiger partial charge in [-0.05, 0) is 212 Å². The number of nitrogens with one attached hydrogen (secondary N) is 6. The minimum absolute atomic E-state index is 0.452. The molecule has 8 heteroatoms. The third-order valence-electron chi connectivity index (χ3n) is 23.8. The predicted octanol–water partition coefficient (Wildman–Crippen LogP) is 13.5. The minimum Gasteiger partial charge on any atom is -0.294 e. The summed E-state index contributed by atoms with van der Waals surface area (Å²) in [5.74, 6) is 10.5. The largest absolute Gasteiger partial charge is 0.294 e. The standard InChI is InChI=1S/C64H118N8/c1-5-7-9-11-13-15-17-47-23-31-51(32-24-47)71(49-27-19-45(3)20-28-49)59-39-57(63-67-41-65-42-68-63)53-36-38-56-60(40-58(64-69-43-66-44-70-64)54-35-37-55(59)61(53)62(54)56)72(50-29-21-46(4)22-30-50)52-33-25-48(26-34-52)18-16-14-12-10-8-6-2/h45-70H,5-44H2,1-4H3. The Morgan fingerprint density at radius 3 is 1.01 bits per heavy atom. The van der Waals surface area contributed by atoms with Gasteiger partial charge in [0.25, 0.3) is 0 Å². The van der Waals surface area contributed by atoms with Crippen molar-refractivity contribution in [2.45, 2.75) is 307 Å². The first-order valence-corrected chi connectivity index (χ1v) is 33.4. The van der Waals surface area contributed by atoms with Crippen LogP contribution in [0.4, 0.5) is 0 Å². The first-order chi connectivity index (χ1) is 35.5. The molecular formula is C64H118N8. The average molecular weight is 1000 g/mol. The van der Waals surface area contributed by atoms with Gasteiger partial charge >= 0.3 is 0 Å². The van der Waals surface area contributed by atoms with E-state index in [2.05, 4.69) is 69.4 Å². The zero-order valence-electron chi connectivity index (χ0n) is 47.7. The molecule has 72 heavy (non-hydrogen) atoms. The molecule has 6 N–H and O–H groups in total. The third kappa shape index (κ3) is 13.2. The summed E-state index contributed by atoms with van der Waals surface area (Å²) in [4.78, 5) is 6.91. The lowest BCUT2D eigenvalue weighted by Gasteiger charge is -2.68. The minimum atomic E-state index is 0.452. The number of hydrogen-bond donors (Lipinski definition) is 6. The molecule has 2 saturated heterocycles. The second kappa shape index (κ2) is 27.5. The topological polar surface area (TPSA) is 78.7 Å². The summed E-state index contributed by atoms with van der Waals surface area (Å²) in [6.07, 6.45) is 53.9. The normalized spacial score (nSPS) is 42.4. The monoisotopic (exact) mass is 999 g/mol. The summed E-state index contributed by atoms with van der Waals surface area (Å²) >= 11 is 0. The van der Waals surface area contributed by atoms with Crippen molar-refractivity contribution in [2.75, 3.05) is 26.7 Å². The fourth-order valence-electron chi connectivity index (χ4n) is 20.2. The van der Waals surface area contributed by atoms with Gasteiger partial charge in [-0.25, -0.2) is 0 Å². The molecular weight excluding hydrogens is 881 g/mol. The number of hydrogen-bond acceptors (Lipinski definition) is 8. The molecule has 8 nitrogen and oxygen atoms in total. The van der Waals surface area contributed by atoms with Crippen molar-refractivity contribution in [2.24, 2.45) is 71.0 Å². The van der Waals surface area contributed by atoms with E-state index in [4.69, 9.17) is 0 Å². The molecule has 8 aliphatic carbocycles. The van der Waals surface area contributed by atoms with Crippen LogP contribution in [-0.4, -0.2) is 85.1 Å². The van der Waals surface area contributed by atoms with Gasteiger partial charge < -0.3 is 0 Å². The van der Waals surface area contributed by atoms with E-state index >= 15 is 0 Å². The highest BCUT2D eigenvalue weighted by atomic mass is 15.3. The molecule has 10 fully saturated rings. The molecule has 0 aromatic rings. The Hall–Kier alpha value is -0.320. The fraction of sp³-hybridized carbons (Fsp3) is 1.00. The number of rotatable bonds is 22.